The summed E-state index contributed by atoms with van der Waals surface area (Å²) in [7, 11) is 0. The zero-order chi connectivity index (χ0) is 30.3. The van der Waals surface area contributed by atoms with Crippen molar-refractivity contribution in [2.75, 3.05) is 13.2 Å². The summed E-state index contributed by atoms with van der Waals surface area (Å²) in [4.78, 5) is 44.1. The third-order valence-electron chi connectivity index (χ3n) is 3.82. The number of nitrogens with one attached hydrogen (secondary N) is 1. The summed E-state index contributed by atoms with van der Waals surface area (Å²) in [6, 6.07) is 0. The van der Waals surface area contributed by atoms with Crippen LogP contribution in [0.5, 0.6) is 0 Å². The maximum absolute atomic E-state index is 11.4. The normalized spacial score (nSPS) is 12.8. The van der Waals surface area contributed by atoms with E-state index in [2.05, 4.69) is 19.7 Å². The van der Waals surface area contributed by atoms with Gasteiger partial charge in [-0.1, -0.05) is 0 Å². The summed E-state index contributed by atoms with van der Waals surface area (Å²) in [6.07, 6.45) is 6.74. The average Bonchev–Trinajstić information content (AvgIpc) is 3.49. The second-order valence-electron chi connectivity index (χ2n) is 11.3. The Labute approximate surface area is 231 Å². The van der Waals surface area contributed by atoms with Crippen molar-refractivity contribution in [2.45, 2.75) is 106 Å². The molecule has 3 rings (SSSR count). The lowest BCUT2D eigenvalue weighted by atomic mass is 10.2. The van der Waals surface area contributed by atoms with Gasteiger partial charge in [-0.15, -0.1) is 0 Å². The maximum atomic E-state index is 11.4. The Bertz CT molecular complexity index is 943. The molecule has 39 heavy (non-hydrogen) atoms. The van der Waals surface area contributed by atoms with E-state index in [0.717, 1.165) is 19.0 Å². The number of aromatic amines is 1. The van der Waals surface area contributed by atoms with E-state index < -0.39 is 29.1 Å². The van der Waals surface area contributed by atoms with Crippen LogP contribution in [0.4, 0.5) is 14.4 Å². The van der Waals surface area contributed by atoms with Crippen molar-refractivity contribution < 1.29 is 38.1 Å². The molecule has 2 aromatic heterocycles. The molecule has 12 nitrogen and oxygen atoms in total. The summed E-state index contributed by atoms with van der Waals surface area (Å²) in [5.41, 5.74) is -1.86. The maximum Gasteiger partial charge on any atom is 0.519 e. The largest absolute Gasteiger partial charge is 0.519 e. The molecule has 1 saturated heterocycles. The van der Waals surface area contributed by atoms with Crippen LogP contribution in [0.25, 0.3) is 0 Å². The Hall–Kier alpha value is -3.41. The van der Waals surface area contributed by atoms with Gasteiger partial charge in [0.05, 0.1) is 0 Å². The van der Waals surface area contributed by atoms with Gasteiger partial charge < -0.3 is 28.7 Å². The van der Waals surface area contributed by atoms with Crippen LogP contribution < -0.4 is 0 Å². The van der Waals surface area contributed by atoms with Gasteiger partial charge in [0.15, 0.2) is 0 Å². The van der Waals surface area contributed by atoms with Crippen LogP contribution in [0, 0.1) is 13.8 Å². The van der Waals surface area contributed by atoms with Gasteiger partial charge in [0.1, 0.15) is 28.5 Å². The van der Waals surface area contributed by atoms with Crippen LogP contribution in [0.3, 0.4) is 0 Å². The molecule has 0 radical (unpaired) electrons. The fraction of sp³-hybridized carbons (Fsp3) is 0.667. The predicted octanol–water partition coefficient (Wildman–Crippen LogP) is 6.36. The first-order valence-electron chi connectivity index (χ1n) is 12.7. The first-order valence-corrected chi connectivity index (χ1v) is 12.7. The minimum atomic E-state index is -1.06. The fourth-order valence-corrected chi connectivity index (χ4v) is 2.35. The number of aromatic nitrogens is 4. The van der Waals surface area contributed by atoms with E-state index in [1.54, 1.807) is 73.3 Å². The van der Waals surface area contributed by atoms with E-state index in [1.807, 2.05) is 27.7 Å². The minimum Gasteiger partial charge on any atom is -0.443 e. The van der Waals surface area contributed by atoms with Crippen LogP contribution in [0.15, 0.2) is 24.8 Å². The topological polar surface area (TPSA) is 144 Å². The second-order valence-corrected chi connectivity index (χ2v) is 11.3. The van der Waals surface area contributed by atoms with E-state index >= 15 is 0 Å². The number of imidazole rings is 2. The van der Waals surface area contributed by atoms with Gasteiger partial charge in [-0.05, 0) is 89.0 Å². The van der Waals surface area contributed by atoms with E-state index in [1.165, 1.54) is 17.4 Å². The summed E-state index contributed by atoms with van der Waals surface area (Å²) < 4.78 is 25.3. The van der Waals surface area contributed by atoms with Gasteiger partial charge in [0, 0.05) is 38.0 Å². The summed E-state index contributed by atoms with van der Waals surface area (Å²) in [5.74, 6) is 1.60. The van der Waals surface area contributed by atoms with Crippen molar-refractivity contribution in [1.82, 2.24) is 19.5 Å². The highest BCUT2D eigenvalue weighted by Gasteiger charge is 2.24. The standard InChI is InChI=1S/C10H18O5.C9H14N2O2.C4H6N2.C4H8O/c1-9(2,3)14-7(11)13-8(12)15-10(4,5)6;1-7-10-5-6-11(7)8(12)13-9(2,3)4;1-4-5-2-3-6-4;1-2-4-5-3-1/h1-6H3;5-6H,1-4H3;2-3H,1H3,(H,5,6);1-4H2. The molecule has 222 valence electrons. The molecular weight excluding hydrogens is 508 g/mol. The monoisotopic (exact) mass is 554 g/mol. The highest BCUT2D eigenvalue weighted by atomic mass is 16.8. The second kappa shape index (κ2) is 16.5. The Kier molecular flexibility index (Phi) is 15.1. The van der Waals surface area contributed by atoms with Gasteiger partial charge >= 0.3 is 18.4 Å². The molecule has 0 spiro atoms. The third-order valence-corrected chi connectivity index (χ3v) is 3.82. The molecule has 12 heteroatoms. The molecule has 1 aliphatic rings. The van der Waals surface area contributed by atoms with Gasteiger partial charge in [0.25, 0.3) is 0 Å². The number of aryl methyl sites for hydroxylation is 2. The van der Waals surface area contributed by atoms with Crippen molar-refractivity contribution in [3.63, 3.8) is 0 Å². The van der Waals surface area contributed by atoms with E-state index in [9.17, 15) is 14.4 Å². The molecule has 0 amide bonds. The lowest BCUT2D eigenvalue weighted by Crippen LogP contribution is -2.29. The number of rotatable bonds is 0. The number of nitrogens with zero attached hydrogens (tertiary/aromatic N) is 3. The number of hydrogen-bond donors (Lipinski definition) is 1. The van der Waals surface area contributed by atoms with Crippen molar-refractivity contribution >= 4 is 18.4 Å². The lowest BCUT2D eigenvalue weighted by Gasteiger charge is -2.20. The van der Waals surface area contributed by atoms with E-state index in [4.69, 9.17) is 18.9 Å². The van der Waals surface area contributed by atoms with E-state index in [-0.39, 0.29) is 6.09 Å². The number of carbonyl (C=O) groups excluding carboxylic acids is 3. The molecule has 1 fully saturated rings. The Morgan fingerprint density at radius 3 is 1.54 bits per heavy atom. The molecule has 3 heterocycles. The number of carbonyl (C=O) groups is 3. The summed E-state index contributed by atoms with van der Waals surface area (Å²) >= 11 is 0. The zero-order valence-corrected chi connectivity index (χ0v) is 25.2. The van der Waals surface area contributed by atoms with Gasteiger partial charge in [0.2, 0.25) is 0 Å². The average molecular weight is 555 g/mol. The molecule has 0 aliphatic carbocycles. The van der Waals surface area contributed by atoms with Crippen molar-refractivity contribution in [3.05, 3.63) is 36.4 Å². The highest BCUT2D eigenvalue weighted by Crippen LogP contribution is 2.12. The van der Waals surface area contributed by atoms with E-state index in [0.29, 0.717) is 5.82 Å². The van der Waals surface area contributed by atoms with Crippen molar-refractivity contribution in [1.29, 1.82) is 0 Å². The molecule has 0 atom stereocenters. The molecule has 1 N–H and O–H groups in total. The number of H-pyrrole nitrogens is 1. The number of ether oxygens (including phenoxy) is 5. The van der Waals surface area contributed by atoms with Gasteiger partial charge in [-0.3, -0.25) is 0 Å². The number of hydrogen-bond acceptors (Lipinski definition) is 10. The Morgan fingerprint density at radius 1 is 0.795 bits per heavy atom. The molecule has 2 aromatic rings. The summed E-state index contributed by atoms with van der Waals surface area (Å²) in [5, 5.41) is 0. The van der Waals surface area contributed by atoms with Crippen molar-refractivity contribution in [2.24, 2.45) is 0 Å². The predicted molar refractivity (Wildman–Crippen MR) is 146 cm³/mol. The van der Waals surface area contributed by atoms with Gasteiger partial charge in [-0.2, -0.15) is 0 Å². The molecule has 0 aromatic carbocycles. The van der Waals surface area contributed by atoms with Crippen LogP contribution >= 0.6 is 0 Å². The first kappa shape index (κ1) is 35.6. The first-order chi connectivity index (χ1) is 17.8. The van der Waals surface area contributed by atoms with Crippen LogP contribution in [-0.4, -0.2) is 67.9 Å². The molecular formula is C27H46N4O8. The third kappa shape index (κ3) is 21.2. The molecule has 1 aliphatic heterocycles. The Morgan fingerprint density at radius 2 is 1.28 bits per heavy atom. The lowest BCUT2D eigenvalue weighted by molar-refractivity contribution is -0.0294. The smallest absolute Gasteiger partial charge is 0.443 e. The van der Waals surface area contributed by atoms with Crippen LogP contribution in [-0.2, 0) is 23.7 Å². The van der Waals surface area contributed by atoms with Gasteiger partial charge in [-0.25, -0.2) is 28.9 Å². The SMILES string of the molecule is C1CCOC1.CC(C)(C)OC(=O)OC(=O)OC(C)(C)C.Cc1ncc[nH]1.Cc1nccn1C(=O)OC(C)(C)C. The van der Waals surface area contributed by atoms with Crippen LogP contribution in [0.2, 0.25) is 0 Å². The highest BCUT2D eigenvalue weighted by molar-refractivity contribution is 5.77. The molecule has 0 bridgehead atoms. The quantitative estimate of drug-likeness (QED) is 0.222. The zero-order valence-electron chi connectivity index (χ0n) is 25.2. The fourth-order valence-electron chi connectivity index (χ4n) is 2.35. The minimum absolute atomic E-state index is 0.387. The van der Waals surface area contributed by atoms with Crippen LogP contribution in [0.1, 0.15) is 86.8 Å². The molecule has 0 saturated carbocycles. The Balaban J connectivity index is 0.000000537. The van der Waals surface area contributed by atoms with Crippen molar-refractivity contribution in [3.8, 4) is 0 Å². The molecule has 0 unspecified atom stereocenters. The summed E-state index contributed by atoms with van der Waals surface area (Å²) in [6.45, 7) is 21.2.